The number of carboxylic acid groups (broad SMARTS) is 1. The Balaban J connectivity index is 1.03. The number of ketones is 1. The van der Waals surface area contributed by atoms with Gasteiger partial charge in [-0.15, -0.1) is 0 Å². The normalized spacial score (nSPS) is 11.5. The Morgan fingerprint density at radius 3 is 1.44 bits per heavy atom. The number of hydrogen-bond acceptors (Lipinski definition) is 14. The predicted octanol–water partition coefficient (Wildman–Crippen LogP) is 6.12. The minimum Gasteiger partial charge on any atom is -0.508 e. The zero-order chi connectivity index (χ0) is 51.0. The second-order valence-electron chi connectivity index (χ2n) is 16.3. The van der Waals surface area contributed by atoms with Gasteiger partial charge in [-0.25, -0.2) is 9.59 Å². The average molecular weight is 973 g/mol. The molecule has 2 unspecified atom stereocenters. The summed E-state index contributed by atoms with van der Waals surface area (Å²) >= 11 is 0. The van der Waals surface area contributed by atoms with Crippen molar-refractivity contribution < 1.29 is 72.3 Å². The highest BCUT2D eigenvalue weighted by atomic mass is 16.5. The molecule has 2 amide bonds. The smallest absolute Gasteiger partial charge is 0.329 e. The molecule has 0 aliphatic heterocycles. The second kappa shape index (κ2) is 28.2. The fourth-order valence-corrected chi connectivity index (χ4v) is 6.83. The predicted molar refractivity (Wildman–Crippen MR) is 256 cm³/mol. The molecule has 0 heterocycles. The zero-order valence-corrected chi connectivity index (χ0v) is 39.2. The van der Waals surface area contributed by atoms with Crippen molar-refractivity contribution >= 4 is 47.4 Å². The number of carbonyl (C=O) groups excluding carboxylic acids is 7. The van der Waals surface area contributed by atoms with Crippen LogP contribution in [0.2, 0.25) is 0 Å². The highest BCUT2D eigenvalue weighted by molar-refractivity contribution is 5.86. The highest BCUT2D eigenvalue weighted by Crippen LogP contribution is 2.19. The fraction of sp³-hybridized carbons (Fsp3) is 0.296. The molecule has 5 aromatic carbocycles. The number of carboxylic acids is 1. The third-order valence-electron chi connectivity index (χ3n) is 10.6. The van der Waals surface area contributed by atoms with Crippen LogP contribution in [0.5, 0.6) is 23.0 Å². The Kier molecular flexibility index (Phi) is 21.3. The van der Waals surface area contributed by atoms with E-state index in [0.717, 1.165) is 16.7 Å². The maximum atomic E-state index is 13.3. The number of nitrogens with one attached hydrogen (secondary N) is 2. The summed E-state index contributed by atoms with van der Waals surface area (Å²) in [6.45, 7) is 1.51. The number of ether oxygens (including phenoxy) is 5. The van der Waals surface area contributed by atoms with Crippen LogP contribution in [0, 0.1) is 0 Å². The van der Waals surface area contributed by atoms with E-state index in [1.54, 1.807) is 91.9 Å². The molecule has 0 radical (unpaired) electrons. The van der Waals surface area contributed by atoms with E-state index >= 15 is 0 Å². The number of phenolic OH excluding ortho intramolecular Hbond substituents is 1. The summed E-state index contributed by atoms with van der Waals surface area (Å²) in [5.74, 6) is -3.81. The van der Waals surface area contributed by atoms with Crippen LogP contribution in [-0.2, 0) is 80.1 Å². The van der Waals surface area contributed by atoms with E-state index in [9.17, 15) is 43.5 Å². The number of phenols is 1. The standard InChI is InChI=1S/C54H56N2O15/c1-2-67-53(65)46(55-48(59)27-16-36-8-18-41(57)19-9-36)32-38-12-23-44(24-13-38)70-51(63)30-20-42(58)35-68-43-21-10-37(11-22-43)17-28-49(60)56-47(54(66)69-34-40-6-4-3-5-7-40)33-39-14-25-45(26-15-39)71-52(64)31-29-50(61)62/h3-15,18-19,21-26,46-47,57H,2,16-17,20,27-35H2,1H3,(H,55,59)(H,56,60)(H,61,62). The molecule has 0 saturated heterocycles. The lowest BCUT2D eigenvalue weighted by molar-refractivity contribution is -0.149. The third kappa shape index (κ3) is 20.0. The molecule has 5 aromatic rings. The van der Waals surface area contributed by atoms with E-state index in [-0.39, 0.29) is 100 Å². The molecule has 17 nitrogen and oxygen atoms in total. The number of benzene rings is 5. The van der Waals surface area contributed by atoms with Gasteiger partial charge in [-0.1, -0.05) is 78.9 Å². The van der Waals surface area contributed by atoms with Crippen LogP contribution in [-0.4, -0.2) is 83.0 Å². The van der Waals surface area contributed by atoms with E-state index in [4.69, 9.17) is 28.8 Å². The maximum Gasteiger partial charge on any atom is 0.329 e. The summed E-state index contributed by atoms with van der Waals surface area (Å²) in [6, 6.07) is 33.1. The van der Waals surface area contributed by atoms with Crippen molar-refractivity contribution in [2.75, 3.05) is 13.2 Å². The molecule has 0 fully saturated rings. The van der Waals surface area contributed by atoms with Crippen molar-refractivity contribution in [2.24, 2.45) is 0 Å². The highest BCUT2D eigenvalue weighted by Gasteiger charge is 2.25. The van der Waals surface area contributed by atoms with Gasteiger partial charge in [0.15, 0.2) is 5.78 Å². The monoisotopic (exact) mass is 972 g/mol. The quantitative estimate of drug-likeness (QED) is 0.0326. The summed E-state index contributed by atoms with van der Waals surface area (Å²) in [7, 11) is 0. The number of esters is 4. The first kappa shape index (κ1) is 53.6. The van der Waals surface area contributed by atoms with Gasteiger partial charge < -0.3 is 44.5 Å². The summed E-state index contributed by atoms with van der Waals surface area (Å²) in [6.07, 6.45) is 0.119. The van der Waals surface area contributed by atoms with Crippen molar-refractivity contribution in [3.63, 3.8) is 0 Å². The average Bonchev–Trinajstić information content (AvgIpc) is 3.36. The summed E-state index contributed by atoms with van der Waals surface area (Å²) < 4.78 is 26.9. The number of aryl methyl sites for hydroxylation is 2. The van der Waals surface area contributed by atoms with Crippen LogP contribution in [0.1, 0.15) is 73.3 Å². The van der Waals surface area contributed by atoms with Gasteiger partial charge >= 0.3 is 29.8 Å². The maximum absolute atomic E-state index is 13.3. The molecule has 0 bridgehead atoms. The van der Waals surface area contributed by atoms with Crippen molar-refractivity contribution in [1.29, 1.82) is 0 Å². The Morgan fingerprint density at radius 2 is 0.944 bits per heavy atom. The molecule has 0 aliphatic carbocycles. The Hall–Kier alpha value is -8.34. The topological polar surface area (TPSA) is 247 Å². The van der Waals surface area contributed by atoms with Gasteiger partial charge in [-0.3, -0.25) is 28.8 Å². The van der Waals surface area contributed by atoms with Gasteiger partial charge in [0, 0.05) is 32.1 Å². The van der Waals surface area contributed by atoms with Crippen LogP contribution in [0.25, 0.3) is 0 Å². The van der Waals surface area contributed by atoms with Gasteiger partial charge in [0.2, 0.25) is 11.8 Å². The van der Waals surface area contributed by atoms with E-state index in [1.807, 2.05) is 18.2 Å². The number of hydrogen-bond donors (Lipinski definition) is 4. The molecule has 0 aliphatic rings. The molecule has 4 N–H and O–H groups in total. The Morgan fingerprint density at radius 1 is 0.493 bits per heavy atom. The number of aliphatic carboxylic acids is 1. The molecule has 372 valence electrons. The van der Waals surface area contributed by atoms with Gasteiger partial charge in [-0.05, 0) is 96.1 Å². The molecular weight excluding hydrogens is 917 g/mol. The SMILES string of the molecule is CCOC(=O)C(Cc1ccc(OC(=O)CCC(=O)COc2ccc(CCC(=O)NC(Cc3ccc(OC(=O)CCC(=O)O)cc3)C(=O)OCc3ccccc3)cc2)cc1)NC(=O)CCc1ccc(O)cc1. The van der Waals surface area contributed by atoms with E-state index in [1.165, 1.54) is 24.3 Å². The van der Waals surface area contributed by atoms with Gasteiger partial charge in [0.05, 0.1) is 25.9 Å². The van der Waals surface area contributed by atoms with Gasteiger partial charge in [0.25, 0.3) is 0 Å². The van der Waals surface area contributed by atoms with Crippen LogP contribution in [0.4, 0.5) is 0 Å². The molecule has 17 heteroatoms. The Labute approximate surface area is 410 Å². The van der Waals surface area contributed by atoms with E-state index in [2.05, 4.69) is 10.6 Å². The van der Waals surface area contributed by atoms with Crippen LogP contribution in [0.3, 0.4) is 0 Å². The largest absolute Gasteiger partial charge is 0.508 e. The minimum absolute atomic E-state index is 0.000681. The first-order valence-corrected chi connectivity index (χ1v) is 23.0. The van der Waals surface area contributed by atoms with Crippen molar-refractivity contribution in [1.82, 2.24) is 10.6 Å². The number of aromatic hydroxyl groups is 1. The van der Waals surface area contributed by atoms with Crippen LogP contribution in [0.15, 0.2) is 127 Å². The molecule has 2 atom stereocenters. The summed E-state index contributed by atoms with van der Waals surface area (Å²) in [4.78, 5) is 99.7. The number of carbonyl (C=O) groups is 8. The summed E-state index contributed by atoms with van der Waals surface area (Å²) in [5.41, 5.74) is 3.72. The molecular formula is C54H56N2O15. The number of rotatable bonds is 28. The molecule has 0 spiro atoms. The first-order valence-electron chi connectivity index (χ1n) is 23.0. The van der Waals surface area contributed by atoms with Crippen LogP contribution < -0.4 is 24.8 Å². The zero-order valence-electron chi connectivity index (χ0n) is 39.2. The minimum atomic E-state index is -1.12. The molecule has 0 aromatic heterocycles. The van der Waals surface area contributed by atoms with E-state index < -0.39 is 47.8 Å². The number of amides is 2. The summed E-state index contributed by atoms with van der Waals surface area (Å²) in [5, 5.41) is 23.8. The van der Waals surface area contributed by atoms with Gasteiger partial charge in [-0.2, -0.15) is 0 Å². The second-order valence-corrected chi connectivity index (χ2v) is 16.3. The molecule has 71 heavy (non-hydrogen) atoms. The van der Waals surface area contributed by atoms with Crippen molar-refractivity contribution in [2.45, 2.75) is 89.8 Å². The lowest BCUT2D eigenvalue weighted by Crippen LogP contribution is -2.43. The van der Waals surface area contributed by atoms with Crippen molar-refractivity contribution in [3.05, 3.63) is 155 Å². The first-order chi connectivity index (χ1) is 34.2. The van der Waals surface area contributed by atoms with Gasteiger partial charge in [0.1, 0.15) is 48.3 Å². The molecule has 0 saturated carbocycles. The lowest BCUT2D eigenvalue weighted by Gasteiger charge is -2.18. The Bertz CT molecular complexity index is 2560. The van der Waals surface area contributed by atoms with E-state index in [0.29, 0.717) is 29.7 Å². The third-order valence-corrected chi connectivity index (χ3v) is 10.6. The lowest BCUT2D eigenvalue weighted by atomic mass is 10.0. The van der Waals surface area contributed by atoms with Crippen molar-refractivity contribution in [3.8, 4) is 23.0 Å². The van der Waals surface area contributed by atoms with Crippen LogP contribution >= 0.6 is 0 Å². The number of Topliss-reactive ketones (excluding diaryl/α,β-unsaturated/α-hetero) is 1. The fourth-order valence-electron chi connectivity index (χ4n) is 6.83. The molecule has 5 rings (SSSR count).